The van der Waals surface area contributed by atoms with Crippen LogP contribution in [0.15, 0.2) is 28.2 Å². The van der Waals surface area contributed by atoms with Gasteiger partial charge in [-0.3, -0.25) is 19.7 Å². The number of carboxylic acid groups (broad SMARTS) is 1. The van der Waals surface area contributed by atoms with Crippen molar-refractivity contribution in [2.45, 2.75) is 23.5 Å². The van der Waals surface area contributed by atoms with Crippen LogP contribution >= 0.6 is 11.8 Å². The molecule has 1 unspecified atom stereocenters. The van der Waals surface area contributed by atoms with E-state index in [-0.39, 0.29) is 21.5 Å². The molecule has 0 spiro atoms. The Morgan fingerprint density at radius 1 is 1.57 bits per heavy atom. The van der Waals surface area contributed by atoms with Crippen molar-refractivity contribution in [2.24, 2.45) is 0 Å². The molecule has 8 nitrogen and oxygen atoms in total. The van der Waals surface area contributed by atoms with E-state index in [1.165, 1.54) is 12.4 Å². The maximum atomic E-state index is 11.6. The van der Waals surface area contributed by atoms with Gasteiger partial charge in [0.05, 0.1) is 27.0 Å². The van der Waals surface area contributed by atoms with Gasteiger partial charge in [-0.15, -0.1) is 11.8 Å². The third-order valence-corrected chi connectivity index (χ3v) is 4.23. The molecule has 0 fully saturated rings. The van der Waals surface area contributed by atoms with Crippen LogP contribution in [0.5, 0.6) is 0 Å². The first-order valence-corrected chi connectivity index (χ1v) is 6.87. The van der Waals surface area contributed by atoms with Gasteiger partial charge in [0.25, 0.3) is 11.2 Å². The summed E-state index contributed by atoms with van der Waals surface area (Å²) in [5.41, 5.74) is -0.497. The normalized spacial score (nSPS) is 12.2. The first-order chi connectivity index (χ1) is 9.93. The highest BCUT2D eigenvalue weighted by Gasteiger charge is 2.24. The molecule has 0 saturated carbocycles. The number of rotatable bonds is 5. The van der Waals surface area contributed by atoms with E-state index in [0.29, 0.717) is 6.42 Å². The minimum absolute atomic E-state index is 0.0944. The molecular formula is C12H11N3O5S. The number of carbonyl (C=O) groups is 1. The van der Waals surface area contributed by atoms with Crippen molar-refractivity contribution < 1.29 is 14.8 Å². The molecule has 1 aromatic carbocycles. The number of H-pyrrole nitrogens is 1. The van der Waals surface area contributed by atoms with Gasteiger partial charge < -0.3 is 10.1 Å². The Morgan fingerprint density at radius 3 is 2.86 bits per heavy atom. The maximum Gasteiger partial charge on any atom is 0.316 e. The molecule has 0 radical (unpaired) electrons. The topological polar surface area (TPSA) is 126 Å². The predicted octanol–water partition coefficient (Wildman–Crippen LogP) is 1.79. The Balaban J connectivity index is 2.61. The summed E-state index contributed by atoms with van der Waals surface area (Å²) in [6, 6.07) is 2.50. The summed E-state index contributed by atoms with van der Waals surface area (Å²) < 4.78 is 0. The quantitative estimate of drug-likeness (QED) is 0.489. The number of nitrogens with zero attached hydrogens (tertiary/aromatic N) is 2. The SMILES string of the molecule is CCC(Sc1cc2nc[nH]c(=O)c2cc1[N+](=O)[O-])C(=O)O. The third kappa shape index (κ3) is 3.02. The van der Waals surface area contributed by atoms with Gasteiger partial charge in [-0.25, -0.2) is 4.98 Å². The Hall–Kier alpha value is -2.42. The van der Waals surface area contributed by atoms with Crippen LogP contribution in [0.1, 0.15) is 13.3 Å². The molecule has 110 valence electrons. The minimum atomic E-state index is -1.05. The van der Waals surface area contributed by atoms with Crippen LogP contribution in [-0.4, -0.2) is 31.2 Å². The maximum absolute atomic E-state index is 11.6. The zero-order valence-electron chi connectivity index (χ0n) is 10.9. The molecule has 0 saturated heterocycles. The van der Waals surface area contributed by atoms with Gasteiger partial charge in [0.15, 0.2) is 0 Å². The van der Waals surface area contributed by atoms with Crippen molar-refractivity contribution in [3.8, 4) is 0 Å². The lowest BCUT2D eigenvalue weighted by atomic mass is 10.2. The second-order valence-electron chi connectivity index (χ2n) is 4.18. The van der Waals surface area contributed by atoms with E-state index >= 15 is 0 Å². The summed E-state index contributed by atoms with van der Waals surface area (Å²) >= 11 is 0.879. The second-order valence-corrected chi connectivity index (χ2v) is 5.42. The number of nitrogens with one attached hydrogen (secondary N) is 1. The van der Waals surface area contributed by atoms with E-state index in [0.717, 1.165) is 17.8 Å². The lowest BCUT2D eigenvalue weighted by Crippen LogP contribution is -2.15. The molecule has 2 N–H and O–H groups in total. The van der Waals surface area contributed by atoms with E-state index in [9.17, 15) is 19.7 Å². The number of hydrogen-bond donors (Lipinski definition) is 2. The monoisotopic (exact) mass is 309 g/mol. The summed E-state index contributed by atoms with van der Waals surface area (Å²) in [5, 5.41) is 19.5. The fraction of sp³-hybridized carbons (Fsp3) is 0.250. The molecule has 0 amide bonds. The lowest BCUT2D eigenvalue weighted by molar-refractivity contribution is -0.387. The average Bonchev–Trinajstić information content (AvgIpc) is 2.43. The average molecular weight is 309 g/mol. The highest BCUT2D eigenvalue weighted by molar-refractivity contribution is 8.00. The van der Waals surface area contributed by atoms with E-state index in [1.807, 2.05) is 0 Å². The summed E-state index contributed by atoms with van der Waals surface area (Å²) in [6.07, 6.45) is 1.51. The number of aromatic nitrogens is 2. The number of nitro benzene ring substituents is 1. The number of thioether (sulfide) groups is 1. The van der Waals surface area contributed by atoms with Crippen molar-refractivity contribution in [2.75, 3.05) is 0 Å². The molecular weight excluding hydrogens is 298 g/mol. The number of nitro groups is 1. The Morgan fingerprint density at radius 2 is 2.29 bits per heavy atom. The zero-order valence-corrected chi connectivity index (χ0v) is 11.7. The number of aromatic amines is 1. The summed E-state index contributed by atoms with van der Waals surface area (Å²) in [7, 11) is 0. The number of carboxylic acids is 1. The second kappa shape index (κ2) is 5.92. The molecule has 21 heavy (non-hydrogen) atoms. The van der Waals surface area contributed by atoms with Gasteiger partial charge in [0.1, 0.15) is 5.25 Å². The van der Waals surface area contributed by atoms with Gasteiger partial charge in [0.2, 0.25) is 0 Å². The van der Waals surface area contributed by atoms with Gasteiger partial charge in [-0.05, 0) is 12.5 Å². The number of benzene rings is 1. The number of aliphatic carboxylic acids is 1. The Bertz CT molecular complexity index is 773. The Kier molecular flexibility index (Phi) is 4.22. The molecule has 0 aliphatic rings. The van der Waals surface area contributed by atoms with E-state index < -0.39 is 21.7 Å². The molecule has 2 aromatic rings. The smallest absolute Gasteiger partial charge is 0.316 e. The van der Waals surface area contributed by atoms with Crippen LogP contribution < -0.4 is 5.56 Å². The highest BCUT2D eigenvalue weighted by Crippen LogP contribution is 2.35. The summed E-state index contributed by atoms with van der Waals surface area (Å²) in [6.45, 7) is 1.68. The highest BCUT2D eigenvalue weighted by atomic mass is 32.2. The van der Waals surface area contributed by atoms with Crippen molar-refractivity contribution >= 4 is 34.3 Å². The first kappa shape index (κ1) is 15.0. The number of hydrogen-bond acceptors (Lipinski definition) is 6. The zero-order chi connectivity index (χ0) is 15.6. The van der Waals surface area contributed by atoms with Crippen LogP contribution in [0.4, 0.5) is 5.69 Å². The summed E-state index contributed by atoms with van der Waals surface area (Å²) in [4.78, 5) is 39.7. The molecule has 9 heteroatoms. The minimum Gasteiger partial charge on any atom is -0.480 e. The Labute approximate surface area is 122 Å². The van der Waals surface area contributed by atoms with Crippen LogP contribution in [0.2, 0.25) is 0 Å². The lowest BCUT2D eigenvalue weighted by Gasteiger charge is -2.10. The predicted molar refractivity (Wildman–Crippen MR) is 76.6 cm³/mol. The van der Waals surface area contributed by atoms with Crippen LogP contribution in [0.25, 0.3) is 10.9 Å². The van der Waals surface area contributed by atoms with Crippen molar-refractivity contribution in [1.82, 2.24) is 9.97 Å². The van der Waals surface area contributed by atoms with Crippen LogP contribution in [0, 0.1) is 10.1 Å². The molecule has 1 aromatic heterocycles. The largest absolute Gasteiger partial charge is 0.480 e. The van der Waals surface area contributed by atoms with Crippen molar-refractivity contribution in [1.29, 1.82) is 0 Å². The fourth-order valence-corrected chi connectivity index (χ4v) is 2.79. The number of fused-ring (bicyclic) bond motifs is 1. The van der Waals surface area contributed by atoms with E-state index in [1.54, 1.807) is 6.92 Å². The third-order valence-electron chi connectivity index (χ3n) is 2.83. The molecule has 0 bridgehead atoms. The van der Waals surface area contributed by atoms with Gasteiger partial charge >= 0.3 is 5.97 Å². The van der Waals surface area contributed by atoms with Gasteiger partial charge in [-0.1, -0.05) is 6.92 Å². The molecule has 1 atom stereocenters. The van der Waals surface area contributed by atoms with Gasteiger partial charge in [0, 0.05) is 6.07 Å². The fourth-order valence-electron chi connectivity index (χ4n) is 1.78. The molecule has 0 aliphatic heterocycles. The van der Waals surface area contributed by atoms with E-state index in [4.69, 9.17) is 5.11 Å². The van der Waals surface area contributed by atoms with Crippen molar-refractivity contribution in [3.05, 3.63) is 38.9 Å². The molecule has 0 aliphatic carbocycles. The van der Waals surface area contributed by atoms with Gasteiger partial charge in [-0.2, -0.15) is 0 Å². The molecule has 1 heterocycles. The van der Waals surface area contributed by atoms with E-state index in [2.05, 4.69) is 9.97 Å². The molecule has 2 rings (SSSR count). The summed E-state index contributed by atoms with van der Waals surface area (Å²) in [5.74, 6) is -1.05. The first-order valence-electron chi connectivity index (χ1n) is 5.99. The van der Waals surface area contributed by atoms with Crippen LogP contribution in [-0.2, 0) is 4.79 Å². The van der Waals surface area contributed by atoms with Crippen LogP contribution in [0.3, 0.4) is 0 Å². The van der Waals surface area contributed by atoms with Crippen molar-refractivity contribution in [3.63, 3.8) is 0 Å². The standard InChI is InChI=1S/C12H11N3O5S/c1-2-9(12(17)18)21-10-4-7-6(3-8(10)15(19)20)11(16)14-5-13-7/h3-5,9H,2H2,1H3,(H,17,18)(H,13,14,16).